The van der Waals surface area contributed by atoms with Crippen LogP contribution in [0.3, 0.4) is 0 Å². The van der Waals surface area contributed by atoms with Gasteiger partial charge in [0.05, 0.1) is 0 Å². The summed E-state index contributed by atoms with van der Waals surface area (Å²) in [4.78, 5) is 17.5. The second-order valence-electron chi connectivity index (χ2n) is 7.19. The van der Waals surface area contributed by atoms with Crippen LogP contribution in [0.25, 0.3) is 0 Å². The fourth-order valence-corrected chi connectivity index (χ4v) is 3.48. The predicted molar refractivity (Wildman–Crippen MR) is 86.7 cm³/mol. The Balaban J connectivity index is 1.73. The minimum atomic E-state index is 0.124. The lowest BCUT2D eigenvalue weighted by atomic mass is 10.0. The lowest BCUT2D eigenvalue weighted by Crippen LogP contribution is -2.46. The molecule has 0 N–H and O–H groups in total. The highest BCUT2D eigenvalue weighted by molar-refractivity contribution is 5.92. The van der Waals surface area contributed by atoms with Crippen molar-refractivity contribution in [3.63, 3.8) is 0 Å². The molecule has 22 heavy (non-hydrogen) atoms. The smallest absolute Gasteiger partial charge is 0.272 e. The van der Waals surface area contributed by atoms with Gasteiger partial charge in [-0.2, -0.15) is 5.10 Å². The van der Waals surface area contributed by atoms with E-state index in [0.717, 1.165) is 32.0 Å². The van der Waals surface area contributed by atoms with Crippen molar-refractivity contribution >= 4 is 5.91 Å². The van der Waals surface area contributed by atoms with Crippen molar-refractivity contribution in [2.45, 2.75) is 39.2 Å². The van der Waals surface area contributed by atoms with E-state index in [9.17, 15) is 4.79 Å². The second-order valence-corrected chi connectivity index (χ2v) is 7.19. The molecule has 1 aromatic heterocycles. The first kappa shape index (κ1) is 15.5. The molecule has 3 rings (SSSR count). The summed E-state index contributed by atoms with van der Waals surface area (Å²) in [6.07, 6.45) is 5.54. The summed E-state index contributed by atoms with van der Waals surface area (Å²) < 4.78 is 1.68. The number of carbonyl (C=O) groups excluding carboxylic acids is 1. The molecule has 0 unspecified atom stereocenters. The molecule has 1 atom stereocenters. The second kappa shape index (κ2) is 6.41. The third kappa shape index (κ3) is 3.35. The lowest BCUT2D eigenvalue weighted by Gasteiger charge is -2.34. The Bertz CT molecular complexity index is 520. The largest absolute Gasteiger partial charge is 0.336 e. The van der Waals surface area contributed by atoms with Crippen LogP contribution in [0, 0.1) is 11.8 Å². The monoisotopic (exact) mass is 304 g/mol. The van der Waals surface area contributed by atoms with E-state index in [1.54, 1.807) is 10.9 Å². The van der Waals surface area contributed by atoms with Gasteiger partial charge < -0.3 is 4.90 Å². The summed E-state index contributed by atoms with van der Waals surface area (Å²) in [6, 6.07) is 2.29. The van der Waals surface area contributed by atoms with Gasteiger partial charge in [0.15, 0.2) is 0 Å². The average Bonchev–Trinajstić information content (AvgIpc) is 3.23. The van der Waals surface area contributed by atoms with Crippen molar-refractivity contribution < 1.29 is 4.79 Å². The standard InChI is InChI=1S/C17H28N4O/c1-13(2)16-12-21(17(22)15-7-8-18-19(15)3)10-4-9-20(16)11-14-5-6-14/h7-8,13-14,16H,4-6,9-12H2,1-3H3/t16-/m1/s1. The van der Waals surface area contributed by atoms with E-state index >= 15 is 0 Å². The number of aromatic nitrogens is 2. The van der Waals surface area contributed by atoms with E-state index in [4.69, 9.17) is 0 Å². The fourth-order valence-electron chi connectivity index (χ4n) is 3.48. The lowest BCUT2D eigenvalue weighted by molar-refractivity contribution is 0.0693. The summed E-state index contributed by atoms with van der Waals surface area (Å²) in [5.74, 6) is 1.60. The summed E-state index contributed by atoms with van der Waals surface area (Å²) in [5, 5.41) is 4.13. The van der Waals surface area contributed by atoms with Crippen LogP contribution in [-0.4, -0.2) is 57.7 Å². The Morgan fingerprint density at radius 3 is 2.73 bits per heavy atom. The molecule has 5 heteroatoms. The molecule has 1 aliphatic carbocycles. The normalized spacial score (nSPS) is 23.8. The number of hydrogen-bond donors (Lipinski definition) is 0. The predicted octanol–water partition coefficient (Wildman–Crippen LogP) is 2.00. The molecule has 1 amide bonds. The summed E-state index contributed by atoms with van der Waals surface area (Å²) in [7, 11) is 1.84. The molecule has 2 fully saturated rings. The Morgan fingerprint density at radius 2 is 2.14 bits per heavy atom. The minimum absolute atomic E-state index is 0.124. The van der Waals surface area contributed by atoms with E-state index < -0.39 is 0 Å². The Morgan fingerprint density at radius 1 is 1.36 bits per heavy atom. The van der Waals surface area contributed by atoms with E-state index in [2.05, 4.69) is 23.8 Å². The molecule has 0 aromatic carbocycles. The SMILES string of the molecule is CC(C)[C@H]1CN(C(=O)c2ccnn2C)CCCN1CC1CC1. The molecule has 122 valence electrons. The van der Waals surface area contributed by atoms with Gasteiger partial charge in [-0.05, 0) is 37.2 Å². The first-order valence-corrected chi connectivity index (χ1v) is 8.57. The quantitative estimate of drug-likeness (QED) is 0.854. The van der Waals surface area contributed by atoms with Crippen molar-refractivity contribution in [1.29, 1.82) is 0 Å². The third-order valence-electron chi connectivity index (χ3n) is 5.04. The number of nitrogens with zero attached hydrogens (tertiary/aromatic N) is 4. The van der Waals surface area contributed by atoms with Crippen LogP contribution in [-0.2, 0) is 7.05 Å². The van der Waals surface area contributed by atoms with Crippen LogP contribution < -0.4 is 0 Å². The van der Waals surface area contributed by atoms with Crippen LogP contribution >= 0.6 is 0 Å². The van der Waals surface area contributed by atoms with Crippen molar-refractivity contribution in [2.75, 3.05) is 26.2 Å². The minimum Gasteiger partial charge on any atom is -0.336 e. The van der Waals surface area contributed by atoms with E-state index in [-0.39, 0.29) is 5.91 Å². The maximum atomic E-state index is 12.8. The van der Waals surface area contributed by atoms with Crippen molar-refractivity contribution in [3.05, 3.63) is 18.0 Å². The van der Waals surface area contributed by atoms with Crippen LogP contribution in [0.15, 0.2) is 12.3 Å². The molecule has 2 heterocycles. The Kier molecular flexibility index (Phi) is 4.52. The molecular weight excluding hydrogens is 276 g/mol. The molecule has 1 aliphatic heterocycles. The number of aryl methyl sites for hydroxylation is 1. The van der Waals surface area contributed by atoms with Crippen LogP contribution in [0.2, 0.25) is 0 Å². The molecule has 1 saturated carbocycles. The summed E-state index contributed by atoms with van der Waals surface area (Å²) in [6.45, 7) is 8.60. The zero-order valence-electron chi connectivity index (χ0n) is 14.0. The zero-order valence-corrected chi connectivity index (χ0v) is 14.0. The molecule has 2 aliphatic rings. The molecule has 5 nitrogen and oxygen atoms in total. The van der Waals surface area contributed by atoms with E-state index in [1.165, 1.54) is 19.4 Å². The topological polar surface area (TPSA) is 41.4 Å². The van der Waals surface area contributed by atoms with Gasteiger partial charge in [-0.3, -0.25) is 14.4 Å². The van der Waals surface area contributed by atoms with Gasteiger partial charge in [-0.1, -0.05) is 13.8 Å². The van der Waals surface area contributed by atoms with E-state index in [0.29, 0.717) is 17.7 Å². The molecule has 0 radical (unpaired) electrons. The van der Waals surface area contributed by atoms with Gasteiger partial charge in [-0.15, -0.1) is 0 Å². The van der Waals surface area contributed by atoms with Gasteiger partial charge in [0.2, 0.25) is 0 Å². The highest BCUT2D eigenvalue weighted by Gasteiger charge is 2.33. The zero-order chi connectivity index (χ0) is 15.7. The van der Waals surface area contributed by atoms with Crippen LogP contribution in [0.4, 0.5) is 0 Å². The number of carbonyl (C=O) groups is 1. The molecule has 1 saturated heterocycles. The third-order valence-corrected chi connectivity index (χ3v) is 5.04. The molecule has 1 aromatic rings. The number of amides is 1. The van der Waals surface area contributed by atoms with Gasteiger partial charge in [0.1, 0.15) is 5.69 Å². The maximum absolute atomic E-state index is 12.8. The van der Waals surface area contributed by atoms with Gasteiger partial charge in [0.25, 0.3) is 5.91 Å². The van der Waals surface area contributed by atoms with Gasteiger partial charge in [0, 0.05) is 45.5 Å². The average molecular weight is 304 g/mol. The van der Waals surface area contributed by atoms with Crippen LogP contribution in [0.1, 0.15) is 43.6 Å². The first-order chi connectivity index (χ1) is 10.6. The number of hydrogen-bond acceptors (Lipinski definition) is 3. The number of rotatable bonds is 4. The summed E-state index contributed by atoms with van der Waals surface area (Å²) >= 11 is 0. The van der Waals surface area contributed by atoms with Crippen molar-refractivity contribution in [2.24, 2.45) is 18.9 Å². The Hall–Kier alpha value is -1.36. The highest BCUT2D eigenvalue weighted by Crippen LogP contribution is 2.32. The van der Waals surface area contributed by atoms with Crippen LogP contribution in [0.5, 0.6) is 0 Å². The first-order valence-electron chi connectivity index (χ1n) is 8.57. The Labute approximate surface area is 133 Å². The fraction of sp³-hybridized carbons (Fsp3) is 0.765. The van der Waals surface area contributed by atoms with Crippen molar-refractivity contribution in [3.8, 4) is 0 Å². The van der Waals surface area contributed by atoms with Gasteiger partial charge in [-0.25, -0.2) is 0 Å². The molecule has 0 bridgehead atoms. The van der Waals surface area contributed by atoms with Gasteiger partial charge >= 0.3 is 0 Å². The maximum Gasteiger partial charge on any atom is 0.272 e. The van der Waals surface area contributed by atoms with Crippen molar-refractivity contribution in [1.82, 2.24) is 19.6 Å². The highest BCUT2D eigenvalue weighted by atomic mass is 16.2. The summed E-state index contributed by atoms with van der Waals surface area (Å²) in [5.41, 5.74) is 0.693. The molecule has 0 spiro atoms. The molecular formula is C17H28N4O. The van der Waals surface area contributed by atoms with E-state index in [1.807, 2.05) is 18.0 Å².